The van der Waals surface area contributed by atoms with Crippen molar-refractivity contribution in [1.29, 1.82) is 0 Å². The van der Waals surface area contributed by atoms with Crippen molar-refractivity contribution in [3.63, 3.8) is 0 Å². The fraction of sp³-hybridized carbons (Fsp3) is 0.167. The van der Waals surface area contributed by atoms with Crippen LogP contribution in [0.5, 0.6) is 0 Å². The Morgan fingerprint density at radius 1 is 1.17 bits per heavy atom. The molecule has 2 aromatic rings. The minimum Gasteiger partial charge on any atom is -0.346 e. The van der Waals surface area contributed by atoms with Crippen LogP contribution in [0.2, 0.25) is 0 Å². The number of nitrogens with one attached hydrogen (secondary N) is 2. The predicted octanol–water partition coefficient (Wildman–Crippen LogP) is 2.64. The van der Waals surface area contributed by atoms with Crippen LogP contribution in [0.15, 0.2) is 72.1 Å². The molecule has 126 valence electrons. The van der Waals surface area contributed by atoms with Gasteiger partial charge in [-0.3, -0.25) is 4.79 Å². The molecule has 0 aliphatic carbocycles. The van der Waals surface area contributed by atoms with Crippen LogP contribution in [0.1, 0.15) is 28.9 Å². The Bertz CT molecular complexity index is 817. The Hall–Kier alpha value is -2.44. The third kappa shape index (κ3) is 4.53. The first kappa shape index (κ1) is 17.9. The first-order valence-electron chi connectivity index (χ1n) is 7.50. The predicted molar refractivity (Wildman–Crippen MR) is 94.2 cm³/mol. The average Bonchev–Trinajstić information content (AvgIpc) is 2.61. The van der Waals surface area contributed by atoms with Crippen molar-refractivity contribution in [2.75, 3.05) is 6.54 Å². The molecule has 6 heteroatoms. The second-order valence-electron chi connectivity index (χ2n) is 5.27. The van der Waals surface area contributed by atoms with Gasteiger partial charge in [-0.2, -0.15) is 0 Å². The highest BCUT2D eigenvalue weighted by molar-refractivity contribution is 7.89. The van der Waals surface area contributed by atoms with Crippen molar-refractivity contribution in [1.82, 2.24) is 10.0 Å². The van der Waals surface area contributed by atoms with Gasteiger partial charge in [0.2, 0.25) is 10.0 Å². The minimum atomic E-state index is -3.66. The van der Waals surface area contributed by atoms with Crippen molar-refractivity contribution in [3.8, 4) is 0 Å². The molecule has 0 aliphatic heterocycles. The van der Waals surface area contributed by atoms with E-state index >= 15 is 0 Å². The van der Waals surface area contributed by atoms with Crippen LogP contribution < -0.4 is 10.0 Å². The second-order valence-corrected chi connectivity index (χ2v) is 7.04. The van der Waals surface area contributed by atoms with E-state index in [0.717, 1.165) is 5.56 Å². The number of carbonyl (C=O) groups is 1. The first-order valence-corrected chi connectivity index (χ1v) is 8.99. The molecule has 0 fully saturated rings. The summed E-state index contributed by atoms with van der Waals surface area (Å²) in [5.74, 6) is -0.327. The lowest BCUT2D eigenvalue weighted by atomic mass is 10.1. The lowest BCUT2D eigenvalue weighted by Gasteiger charge is -2.14. The van der Waals surface area contributed by atoms with Gasteiger partial charge < -0.3 is 5.32 Å². The molecule has 2 N–H and O–H groups in total. The molecular formula is C18H20N2O3S. The maximum absolute atomic E-state index is 12.4. The summed E-state index contributed by atoms with van der Waals surface area (Å²) in [5.41, 5.74) is 1.27. The van der Waals surface area contributed by atoms with E-state index in [-0.39, 0.29) is 23.4 Å². The molecule has 0 heterocycles. The van der Waals surface area contributed by atoms with Gasteiger partial charge >= 0.3 is 0 Å². The van der Waals surface area contributed by atoms with Crippen LogP contribution in [0, 0.1) is 0 Å². The SMILES string of the molecule is C=CCNS(=O)(=O)c1cccc(C(=O)NC(C)c2ccccc2)c1. The average molecular weight is 344 g/mol. The molecule has 1 amide bonds. The maximum Gasteiger partial charge on any atom is 0.251 e. The van der Waals surface area contributed by atoms with E-state index in [2.05, 4.69) is 16.6 Å². The van der Waals surface area contributed by atoms with E-state index in [1.807, 2.05) is 37.3 Å². The molecule has 0 bridgehead atoms. The van der Waals surface area contributed by atoms with Gasteiger partial charge in [0.25, 0.3) is 5.91 Å². The molecule has 0 radical (unpaired) electrons. The van der Waals surface area contributed by atoms with Crippen LogP contribution in [-0.2, 0) is 10.0 Å². The summed E-state index contributed by atoms with van der Waals surface area (Å²) in [6, 6.07) is 15.3. The molecule has 0 spiro atoms. The number of hydrogen-bond donors (Lipinski definition) is 2. The summed E-state index contributed by atoms with van der Waals surface area (Å²) in [7, 11) is -3.66. The fourth-order valence-electron chi connectivity index (χ4n) is 2.16. The van der Waals surface area contributed by atoms with E-state index in [4.69, 9.17) is 0 Å². The summed E-state index contributed by atoms with van der Waals surface area (Å²) in [6.45, 7) is 5.48. The zero-order valence-electron chi connectivity index (χ0n) is 13.4. The molecule has 0 saturated carbocycles. The zero-order chi connectivity index (χ0) is 17.6. The summed E-state index contributed by atoms with van der Waals surface area (Å²) >= 11 is 0. The summed E-state index contributed by atoms with van der Waals surface area (Å²) in [5, 5.41) is 2.86. The van der Waals surface area contributed by atoms with E-state index in [9.17, 15) is 13.2 Å². The monoisotopic (exact) mass is 344 g/mol. The van der Waals surface area contributed by atoms with Crippen LogP contribution in [0.25, 0.3) is 0 Å². The zero-order valence-corrected chi connectivity index (χ0v) is 14.2. The van der Waals surface area contributed by atoms with Crippen molar-refractivity contribution in [2.45, 2.75) is 17.9 Å². The molecule has 5 nitrogen and oxygen atoms in total. The van der Waals surface area contributed by atoms with Gasteiger partial charge in [0, 0.05) is 12.1 Å². The van der Waals surface area contributed by atoms with Crippen molar-refractivity contribution in [3.05, 3.63) is 78.4 Å². The number of sulfonamides is 1. The number of amides is 1. The molecular weight excluding hydrogens is 324 g/mol. The quantitative estimate of drug-likeness (QED) is 0.758. The summed E-state index contributed by atoms with van der Waals surface area (Å²) < 4.78 is 26.6. The maximum atomic E-state index is 12.4. The standard InChI is InChI=1S/C18H20N2O3S/c1-3-12-19-24(22,23)17-11-7-10-16(13-17)18(21)20-14(2)15-8-5-4-6-9-15/h3-11,13-14,19H,1,12H2,2H3,(H,20,21). The smallest absolute Gasteiger partial charge is 0.251 e. The van der Waals surface area contributed by atoms with E-state index in [1.165, 1.54) is 18.2 Å². The first-order chi connectivity index (χ1) is 11.4. The molecule has 0 aliphatic rings. The largest absolute Gasteiger partial charge is 0.346 e. The van der Waals surface area contributed by atoms with E-state index < -0.39 is 10.0 Å². The third-order valence-electron chi connectivity index (χ3n) is 3.47. The summed E-state index contributed by atoms with van der Waals surface area (Å²) in [6.07, 6.45) is 1.45. The normalized spacial score (nSPS) is 12.4. The molecule has 1 unspecified atom stereocenters. The second kappa shape index (κ2) is 7.90. The molecule has 0 saturated heterocycles. The van der Waals surface area contributed by atoms with Crippen LogP contribution in [0.3, 0.4) is 0 Å². The Balaban J connectivity index is 2.16. The van der Waals surface area contributed by atoms with Crippen LogP contribution in [0.4, 0.5) is 0 Å². The van der Waals surface area contributed by atoms with Crippen molar-refractivity contribution >= 4 is 15.9 Å². The Morgan fingerprint density at radius 3 is 2.54 bits per heavy atom. The lowest BCUT2D eigenvalue weighted by molar-refractivity contribution is 0.0939. The highest BCUT2D eigenvalue weighted by Crippen LogP contribution is 2.15. The Labute approximate surface area is 142 Å². The molecule has 0 aromatic heterocycles. The van der Waals surface area contributed by atoms with Crippen molar-refractivity contribution < 1.29 is 13.2 Å². The molecule has 2 rings (SSSR count). The minimum absolute atomic E-state index is 0.0457. The number of rotatable bonds is 7. The van der Waals surface area contributed by atoms with Gasteiger partial charge in [-0.1, -0.05) is 42.5 Å². The third-order valence-corrected chi connectivity index (χ3v) is 4.89. The molecule has 24 heavy (non-hydrogen) atoms. The number of hydrogen-bond acceptors (Lipinski definition) is 3. The van der Waals surface area contributed by atoms with Gasteiger partial charge in [0.05, 0.1) is 10.9 Å². The van der Waals surface area contributed by atoms with Crippen molar-refractivity contribution in [2.24, 2.45) is 0 Å². The number of benzene rings is 2. The van der Waals surface area contributed by atoms with Gasteiger partial charge in [0.15, 0.2) is 0 Å². The van der Waals surface area contributed by atoms with E-state index in [0.29, 0.717) is 5.56 Å². The highest BCUT2D eigenvalue weighted by atomic mass is 32.2. The Morgan fingerprint density at radius 2 is 1.88 bits per heavy atom. The van der Waals surface area contributed by atoms with Crippen LogP contribution in [-0.4, -0.2) is 20.9 Å². The van der Waals surface area contributed by atoms with E-state index in [1.54, 1.807) is 12.1 Å². The lowest BCUT2D eigenvalue weighted by Crippen LogP contribution is -2.27. The van der Waals surface area contributed by atoms with Gasteiger partial charge in [-0.25, -0.2) is 13.1 Å². The van der Waals surface area contributed by atoms with Gasteiger partial charge in [-0.15, -0.1) is 6.58 Å². The fourth-order valence-corrected chi connectivity index (χ4v) is 3.21. The number of carbonyl (C=O) groups excluding carboxylic acids is 1. The van der Waals surface area contributed by atoms with Gasteiger partial charge in [0.1, 0.15) is 0 Å². The van der Waals surface area contributed by atoms with Crippen LogP contribution >= 0.6 is 0 Å². The van der Waals surface area contributed by atoms with Gasteiger partial charge in [-0.05, 0) is 30.7 Å². The topological polar surface area (TPSA) is 75.3 Å². The Kier molecular flexibility index (Phi) is 5.89. The molecule has 1 atom stereocenters. The molecule has 2 aromatic carbocycles. The highest BCUT2D eigenvalue weighted by Gasteiger charge is 2.16. The summed E-state index contributed by atoms with van der Waals surface area (Å²) in [4.78, 5) is 12.4.